The molecule has 0 saturated carbocycles. The predicted molar refractivity (Wildman–Crippen MR) is 140 cm³/mol. The van der Waals surface area contributed by atoms with E-state index in [9.17, 15) is 4.79 Å². The fraction of sp³-hybridized carbons (Fsp3) is 0.241. The number of hydrogen-bond donors (Lipinski definition) is 1. The SMILES string of the molecule is COc1ccc(-c2nn(Cc3ccccc3)cc2C(=O)NCc2ccc(N3CCOCC3)cc2)cc1. The molecule has 0 bridgehead atoms. The van der Waals surface area contributed by atoms with Crippen molar-refractivity contribution in [1.82, 2.24) is 15.1 Å². The van der Waals surface area contributed by atoms with E-state index in [0.717, 1.165) is 48.7 Å². The van der Waals surface area contributed by atoms with Crippen molar-refractivity contribution < 1.29 is 14.3 Å². The Kier molecular flexibility index (Phi) is 7.28. The summed E-state index contributed by atoms with van der Waals surface area (Å²) in [6, 6.07) is 26.0. The second-order valence-electron chi connectivity index (χ2n) is 8.75. The van der Waals surface area contributed by atoms with Gasteiger partial charge in [0.2, 0.25) is 0 Å². The first-order chi connectivity index (χ1) is 17.7. The van der Waals surface area contributed by atoms with Crippen molar-refractivity contribution in [3.63, 3.8) is 0 Å². The van der Waals surface area contributed by atoms with Gasteiger partial charge < -0.3 is 19.7 Å². The number of ether oxygens (including phenoxy) is 2. The zero-order chi connectivity index (χ0) is 24.7. The molecule has 36 heavy (non-hydrogen) atoms. The van der Waals surface area contributed by atoms with Crippen LogP contribution in [0.3, 0.4) is 0 Å². The van der Waals surface area contributed by atoms with E-state index in [0.29, 0.717) is 24.3 Å². The fourth-order valence-electron chi connectivity index (χ4n) is 4.32. The van der Waals surface area contributed by atoms with Gasteiger partial charge in [-0.3, -0.25) is 9.48 Å². The van der Waals surface area contributed by atoms with Gasteiger partial charge in [-0.25, -0.2) is 0 Å². The fourth-order valence-corrected chi connectivity index (χ4v) is 4.32. The van der Waals surface area contributed by atoms with E-state index in [1.165, 1.54) is 5.69 Å². The minimum absolute atomic E-state index is 0.155. The van der Waals surface area contributed by atoms with Gasteiger partial charge in [-0.2, -0.15) is 5.10 Å². The molecule has 1 aliphatic heterocycles. The van der Waals surface area contributed by atoms with Crippen LogP contribution in [0.15, 0.2) is 85.1 Å². The number of benzene rings is 3. The van der Waals surface area contributed by atoms with Crippen LogP contribution in [0.2, 0.25) is 0 Å². The highest BCUT2D eigenvalue weighted by Gasteiger charge is 2.18. The molecule has 1 aliphatic rings. The van der Waals surface area contributed by atoms with E-state index in [-0.39, 0.29) is 5.91 Å². The molecule has 1 saturated heterocycles. The molecule has 1 aromatic heterocycles. The van der Waals surface area contributed by atoms with Crippen molar-refractivity contribution in [1.29, 1.82) is 0 Å². The highest BCUT2D eigenvalue weighted by atomic mass is 16.5. The minimum Gasteiger partial charge on any atom is -0.497 e. The molecule has 7 nitrogen and oxygen atoms in total. The first-order valence-electron chi connectivity index (χ1n) is 12.2. The molecule has 7 heteroatoms. The number of carbonyl (C=O) groups excluding carboxylic acids is 1. The molecule has 1 fully saturated rings. The molecule has 184 valence electrons. The summed E-state index contributed by atoms with van der Waals surface area (Å²) in [6.45, 7) is 4.33. The van der Waals surface area contributed by atoms with Crippen LogP contribution in [0, 0.1) is 0 Å². The molecule has 5 rings (SSSR count). The number of anilines is 1. The van der Waals surface area contributed by atoms with Crippen molar-refractivity contribution in [2.45, 2.75) is 13.1 Å². The van der Waals surface area contributed by atoms with Gasteiger partial charge in [0.25, 0.3) is 5.91 Å². The molecule has 3 aromatic carbocycles. The summed E-state index contributed by atoms with van der Waals surface area (Å²) >= 11 is 0. The molecule has 1 amide bonds. The highest BCUT2D eigenvalue weighted by Crippen LogP contribution is 2.25. The lowest BCUT2D eigenvalue weighted by atomic mass is 10.1. The smallest absolute Gasteiger partial charge is 0.255 e. The average molecular weight is 483 g/mol. The first-order valence-corrected chi connectivity index (χ1v) is 12.2. The normalized spacial score (nSPS) is 13.4. The van der Waals surface area contributed by atoms with Gasteiger partial charge in [0.05, 0.1) is 32.4 Å². The minimum atomic E-state index is -0.155. The largest absolute Gasteiger partial charge is 0.497 e. The van der Waals surface area contributed by atoms with Crippen molar-refractivity contribution in [2.24, 2.45) is 0 Å². The summed E-state index contributed by atoms with van der Waals surface area (Å²) in [5, 5.41) is 7.84. The maximum Gasteiger partial charge on any atom is 0.255 e. The van der Waals surface area contributed by atoms with Crippen LogP contribution < -0.4 is 15.0 Å². The maximum absolute atomic E-state index is 13.3. The third-order valence-corrected chi connectivity index (χ3v) is 6.32. The summed E-state index contributed by atoms with van der Waals surface area (Å²) in [5.41, 5.74) is 5.39. The molecule has 0 unspecified atom stereocenters. The number of nitrogens with zero attached hydrogens (tertiary/aromatic N) is 3. The Balaban J connectivity index is 1.33. The summed E-state index contributed by atoms with van der Waals surface area (Å²) in [7, 11) is 1.63. The summed E-state index contributed by atoms with van der Waals surface area (Å²) in [4.78, 5) is 15.6. The number of methoxy groups -OCH3 is 1. The Morgan fingerprint density at radius 1 is 0.944 bits per heavy atom. The quantitative estimate of drug-likeness (QED) is 0.404. The van der Waals surface area contributed by atoms with E-state index >= 15 is 0 Å². The van der Waals surface area contributed by atoms with E-state index in [1.54, 1.807) is 7.11 Å². The van der Waals surface area contributed by atoms with Crippen LogP contribution >= 0.6 is 0 Å². The van der Waals surface area contributed by atoms with Gasteiger partial charge in [-0.1, -0.05) is 42.5 Å². The topological polar surface area (TPSA) is 68.6 Å². The van der Waals surface area contributed by atoms with Crippen LogP contribution in [0.5, 0.6) is 5.75 Å². The van der Waals surface area contributed by atoms with E-state index in [4.69, 9.17) is 14.6 Å². The number of amides is 1. The lowest BCUT2D eigenvalue weighted by Gasteiger charge is -2.28. The first kappa shape index (κ1) is 23.6. The zero-order valence-corrected chi connectivity index (χ0v) is 20.4. The number of morpholine rings is 1. The predicted octanol–water partition coefficient (Wildman–Crippen LogP) is 4.37. The second-order valence-corrected chi connectivity index (χ2v) is 8.75. The van der Waals surface area contributed by atoms with Gasteiger partial charge in [0.15, 0.2) is 0 Å². The molecule has 1 N–H and O–H groups in total. The molecule has 0 spiro atoms. The lowest BCUT2D eigenvalue weighted by Crippen LogP contribution is -2.36. The zero-order valence-electron chi connectivity index (χ0n) is 20.4. The lowest BCUT2D eigenvalue weighted by molar-refractivity contribution is 0.0951. The highest BCUT2D eigenvalue weighted by molar-refractivity contribution is 5.99. The molecule has 2 heterocycles. The maximum atomic E-state index is 13.3. The van der Waals surface area contributed by atoms with E-state index in [1.807, 2.05) is 53.3 Å². The van der Waals surface area contributed by atoms with Crippen molar-refractivity contribution in [2.75, 3.05) is 38.3 Å². The Hall–Kier alpha value is -4.10. The Bertz CT molecular complexity index is 1280. The standard InChI is InChI=1S/C29H30N4O3/c1-35-26-13-9-24(10-14-26)28-27(21-33(31-28)20-23-5-3-2-4-6-23)29(34)30-19-22-7-11-25(12-8-22)32-15-17-36-18-16-32/h2-14,21H,15-20H2,1H3,(H,30,34). The molecule has 0 aliphatic carbocycles. The number of rotatable bonds is 8. The van der Waals surface area contributed by atoms with E-state index < -0.39 is 0 Å². The third kappa shape index (κ3) is 5.58. The van der Waals surface area contributed by atoms with Crippen LogP contribution in [0.25, 0.3) is 11.3 Å². The van der Waals surface area contributed by atoms with Crippen LogP contribution in [0.4, 0.5) is 5.69 Å². The summed E-state index contributed by atoms with van der Waals surface area (Å²) < 4.78 is 12.5. The van der Waals surface area contributed by atoms with Crippen LogP contribution in [-0.4, -0.2) is 49.1 Å². The van der Waals surface area contributed by atoms with Crippen LogP contribution in [-0.2, 0) is 17.8 Å². The molecule has 0 atom stereocenters. The monoisotopic (exact) mass is 482 g/mol. The Labute approximate surface area is 211 Å². The van der Waals surface area contributed by atoms with Gasteiger partial charge in [-0.15, -0.1) is 0 Å². The number of hydrogen-bond acceptors (Lipinski definition) is 5. The van der Waals surface area contributed by atoms with Crippen LogP contribution in [0.1, 0.15) is 21.5 Å². The van der Waals surface area contributed by atoms with Gasteiger partial charge in [-0.05, 0) is 47.5 Å². The summed E-state index contributed by atoms with van der Waals surface area (Å²) in [6.07, 6.45) is 1.82. The van der Waals surface area contributed by atoms with Gasteiger partial charge in [0, 0.05) is 37.1 Å². The van der Waals surface area contributed by atoms with Crippen molar-refractivity contribution in [3.8, 4) is 17.0 Å². The van der Waals surface area contributed by atoms with Crippen molar-refractivity contribution in [3.05, 3.63) is 102 Å². The summed E-state index contributed by atoms with van der Waals surface area (Å²) in [5.74, 6) is 0.603. The van der Waals surface area contributed by atoms with Gasteiger partial charge in [0.1, 0.15) is 11.4 Å². The number of aromatic nitrogens is 2. The average Bonchev–Trinajstić information content (AvgIpc) is 3.37. The third-order valence-electron chi connectivity index (χ3n) is 6.32. The molecular weight excluding hydrogens is 452 g/mol. The second kappa shape index (κ2) is 11.1. The van der Waals surface area contributed by atoms with Crippen molar-refractivity contribution >= 4 is 11.6 Å². The number of carbonyl (C=O) groups is 1. The Morgan fingerprint density at radius 3 is 2.36 bits per heavy atom. The molecular formula is C29H30N4O3. The van der Waals surface area contributed by atoms with Gasteiger partial charge >= 0.3 is 0 Å². The molecule has 0 radical (unpaired) electrons. The Morgan fingerprint density at radius 2 is 1.67 bits per heavy atom. The molecule has 4 aromatic rings. The number of nitrogens with one attached hydrogen (secondary N) is 1. The van der Waals surface area contributed by atoms with E-state index in [2.05, 4.69) is 46.6 Å².